The minimum atomic E-state index is -0.922. The molecule has 0 bridgehead atoms. The highest BCUT2D eigenvalue weighted by Crippen LogP contribution is 2.37. The molecular formula is C31H28ClN3O8. The highest BCUT2D eigenvalue weighted by Gasteiger charge is 2.38. The SMILES string of the molecule is CCOC(=O)c1ccc(NC(=O)C(=O)NCc2ccc(/C=C3\C(=O)N(c4ccc(C)c(Cl)c4)C(C)=C3C(=O)OC)o2)cc1. The third-order valence-corrected chi connectivity index (χ3v) is 6.86. The number of methoxy groups -OCH3 is 1. The average molecular weight is 606 g/mol. The van der Waals surface area contributed by atoms with Gasteiger partial charge >= 0.3 is 23.8 Å². The molecule has 2 heterocycles. The van der Waals surface area contributed by atoms with Crippen LogP contribution in [0.5, 0.6) is 0 Å². The van der Waals surface area contributed by atoms with Crippen molar-refractivity contribution in [1.82, 2.24) is 5.32 Å². The highest BCUT2D eigenvalue weighted by molar-refractivity contribution is 6.39. The summed E-state index contributed by atoms with van der Waals surface area (Å²) >= 11 is 6.27. The van der Waals surface area contributed by atoms with E-state index in [1.165, 1.54) is 42.4 Å². The number of hydrogen-bond acceptors (Lipinski definition) is 8. The van der Waals surface area contributed by atoms with Crippen LogP contribution in [0.15, 0.2) is 75.9 Å². The molecule has 43 heavy (non-hydrogen) atoms. The minimum Gasteiger partial charge on any atom is -0.465 e. The number of nitrogens with one attached hydrogen (secondary N) is 2. The highest BCUT2D eigenvalue weighted by atomic mass is 35.5. The molecule has 1 aromatic heterocycles. The molecule has 0 aliphatic carbocycles. The fourth-order valence-electron chi connectivity index (χ4n) is 4.26. The van der Waals surface area contributed by atoms with Gasteiger partial charge in [-0.2, -0.15) is 0 Å². The summed E-state index contributed by atoms with van der Waals surface area (Å²) in [6, 6.07) is 14.1. The Hall–Kier alpha value is -5.16. The van der Waals surface area contributed by atoms with Crippen LogP contribution in [-0.4, -0.2) is 43.4 Å². The lowest BCUT2D eigenvalue weighted by atomic mass is 10.1. The second-order valence-electron chi connectivity index (χ2n) is 9.32. The van der Waals surface area contributed by atoms with Crippen molar-refractivity contribution >= 4 is 58.7 Å². The first-order valence-corrected chi connectivity index (χ1v) is 13.5. The second kappa shape index (κ2) is 13.2. The zero-order valence-corrected chi connectivity index (χ0v) is 24.5. The van der Waals surface area contributed by atoms with E-state index in [0.29, 0.717) is 33.4 Å². The van der Waals surface area contributed by atoms with E-state index in [2.05, 4.69) is 10.6 Å². The topological polar surface area (TPSA) is 144 Å². The van der Waals surface area contributed by atoms with Gasteiger partial charge in [0.05, 0.1) is 42.7 Å². The number of carbonyl (C=O) groups is 5. The van der Waals surface area contributed by atoms with Gasteiger partial charge < -0.3 is 24.5 Å². The van der Waals surface area contributed by atoms with E-state index in [-0.39, 0.29) is 30.1 Å². The Morgan fingerprint density at radius 2 is 1.70 bits per heavy atom. The number of hydrogen-bond donors (Lipinski definition) is 2. The lowest BCUT2D eigenvalue weighted by molar-refractivity contribution is -0.136. The monoisotopic (exact) mass is 605 g/mol. The molecule has 0 spiro atoms. The maximum Gasteiger partial charge on any atom is 0.340 e. The molecule has 11 nitrogen and oxygen atoms in total. The number of halogens is 1. The molecule has 0 saturated heterocycles. The van der Waals surface area contributed by atoms with Gasteiger partial charge in [-0.1, -0.05) is 17.7 Å². The summed E-state index contributed by atoms with van der Waals surface area (Å²) in [4.78, 5) is 63.9. The number of aryl methyl sites for hydroxylation is 1. The van der Waals surface area contributed by atoms with Crippen molar-refractivity contribution in [3.63, 3.8) is 0 Å². The summed E-state index contributed by atoms with van der Waals surface area (Å²) in [5.74, 6) is -2.99. The number of furan rings is 1. The number of benzene rings is 2. The summed E-state index contributed by atoms with van der Waals surface area (Å²) < 4.78 is 15.6. The Kier molecular flexibility index (Phi) is 9.46. The number of carbonyl (C=O) groups excluding carboxylic acids is 5. The first kappa shape index (κ1) is 30.8. The van der Waals surface area contributed by atoms with Gasteiger partial charge in [0.15, 0.2) is 0 Å². The molecule has 1 aliphatic heterocycles. The summed E-state index contributed by atoms with van der Waals surface area (Å²) in [7, 11) is 1.22. The second-order valence-corrected chi connectivity index (χ2v) is 9.73. The van der Waals surface area contributed by atoms with Crippen LogP contribution in [0.3, 0.4) is 0 Å². The first-order chi connectivity index (χ1) is 20.5. The smallest absolute Gasteiger partial charge is 0.340 e. The van der Waals surface area contributed by atoms with Crippen LogP contribution >= 0.6 is 11.6 Å². The van der Waals surface area contributed by atoms with E-state index in [1.807, 2.05) is 6.92 Å². The lowest BCUT2D eigenvalue weighted by Gasteiger charge is -2.18. The van der Waals surface area contributed by atoms with E-state index >= 15 is 0 Å². The van der Waals surface area contributed by atoms with Crippen LogP contribution in [0, 0.1) is 6.92 Å². The molecule has 0 atom stereocenters. The summed E-state index contributed by atoms with van der Waals surface area (Å²) in [5, 5.41) is 5.36. The molecule has 3 aromatic rings. The average Bonchev–Trinajstić information content (AvgIpc) is 3.54. The molecule has 4 rings (SSSR count). The Morgan fingerprint density at radius 3 is 2.35 bits per heavy atom. The van der Waals surface area contributed by atoms with Gasteiger partial charge in [-0.3, -0.25) is 19.3 Å². The van der Waals surface area contributed by atoms with Crippen LogP contribution in [0.4, 0.5) is 11.4 Å². The molecule has 2 aromatic carbocycles. The van der Waals surface area contributed by atoms with Crippen molar-refractivity contribution in [2.24, 2.45) is 0 Å². The van der Waals surface area contributed by atoms with Crippen LogP contribution < -0.4 is 15.5 Å². The Balaban J connectivity index is 1.44. The zero-order chi connectivity index (χ0) is 31.3. The molecule has 0 saturated carbocycles. The van der Waals surface area contributed by atoms with Crippen LogP contribution in [-0.2, 0) is 35.2 Å². The third kappa shape index (κ3) is 6.84. The fraction of sp³-hybridized carbons (Fsp3) is 0.194. The predicted molar refractivity (Wildman–Crippen MR) is 158 cm³/mol. The number of rotatable bonds is 8. The van der Waals surface area contributed by atoms with Gasteiger partial charge in [0, 0.05) is 16.4 Å². The van der Waals surface area contributed by atoms with E-state index in [0.717, 1.165) is 5.56 Å². The van der Waals surface area contributed by atoms with E-state index in [1.54, 1.807) is 44.2 Å². The summed E-state index contributed by atoms with van der Waals surface area (Å²) in [6.07, 6.45) is 1.41. The molecule has 2 N–H and O–H groups in total. The third-order valence-electron chi connectivity index (χ3n) is 6.46. The minimum absolute atomic E-state index is 0.0549. The summed E-state index contributed by atoms with van der Waals surface area (Å²) in [5.41, 5.74) is 2.43. The van der Waals surface area contributed by atoms with Crippen LogP contribution in [0.25, 0.3) is 6.08 Å². The maximum atomic E-state index is 13.5. The number of esters is 2. The van der Waals surface area contributed by atoms with Crippen molar-refractivity contribution in [1.29, 1.82) is 0 Å². The molecule has 0 unspecified atom stereocenters. The van der Waals surface area contributed by atoms with E-state index in [9.17, 15) is 24.0 Å². The molecule has 222 valence electrons. The van der Waals surface area contributed by atoms with Crippen LogP contribution in [0.2, 0.25) is 5.02 Å². The van der Waals surface area contributed by atoms with Crippen molar-refractivity contribution in [2.45, 2.75) is 27.3 Å². The van der Waals surface area contributed by atoms with Crippen molar-refractivity contribution < 1.29 is 37.9 Å². The quantitative estimate of drug-likeness (QED) is 0.216. The van der Waals surface area contributed by atoms with Gasteiger partial charge in [-0.25, -0.2) is 9.59 Å². The van der Waals surface area contributed by atoms with E-state index in [4.69, 9.17) is 25.5 Å². The van der Waals surface area contributed by atoms with Crippen LogP contribution in [0.1, 0.15) is 41.3 Å². The largest absolute Gasteiger partial charge is 0.465 e. The van der Waals surface area contributed by atoms with Gasteiger partial charge in [0.1, 0.15) is 11.5 Å². The number of ether oxygens (including phenoxy) is 2. The van der Waals surface area contributed by atoms with E-state index < -0.39 is 29.7 Å². The molecule has 0 radical (unpaired) electrons. The zero-order valence-electron chi connectivity index (χ0n) is 23.8. The van der Waals surface area contributed by atoms with Gasteiger partial charge in [-0.15, -0.1) is 0 Å². The van der Waals surface area contributed by atoms with Crippen molar-refractivity contribution in [2.75, 3.05) is 23.9 Å². The Morgan fingerprint density at radius 1 is 0.977 bits per heavy atom. The predicted octanol–water partition coefficient (Wildman–Crippen LogP) is 4.55. The molecule has 12 heteroatoms. The summed E-state index contributed by atoms with van der Waals surface area (Å²) in [6.45, 7) is 5.26. The molecule has 3 amide bonds. The number of anilines is 2. The normalized spacial score (nSPS) is 13.7. The van der Waals surface area contributed by atoms with Gasteiger partial charge in [-0.05, 0) is 80.9 Å². The van der Waals surface area contributed by atoms with Crippen molar-refractivity contribution in [3.05, 3.63) is 99.1 Å². The Bertz CT molecular complexity index is 1670. The maximum absolute atomic E-state index is 13.5. The standard InChI is InChI=1S/C31H28ClN3O8/c1-5-42-30(39)19-7-9-20(10-8-19)34-28(37)27(36)33-16-23-13-12-22(43-23)15-24-26(31(40)41-4)18(3)35(29(24)38)21-11-6-17(2)25(32)14-21/h6-15H,5,16H2,1-4H3,(H,33,36)(H,34,37)/b24-15-. The van der Waals surface area contributed by atoms with Gasteiger partial charge in [0.2, 0.25) is 0 Å². The molecule has 0 fully saturated rings. The first-order valence-electron chi connectivity index (χ1n) is 13.1. The molecule has 1 aliphatic rings. The van der Waals surface area contributed by atoms with Crippen molar-refractivity contribution in [3.8, 4) is 0 Å². The molecular weight excluding hydrogens is 578 g/mol. The number of allylic oxidation sites excluding steroid dienone is 1. The number of nitrogens with zero attached hydrogens (tertiary/aromatic N) is 1. The fourth-order valence-corrected chi connectivity index (χ4v) is 4.44. The number of amides is 3. The van der Waals surface area contributed by atoms with Gasteiger partial charge in [0.25, 0.3) is 5.91 Å². The Labute approximate surface area is 252 Å². The lowest BCUT2D eigenvalue weighted by Crippen LogP contribution is -2.34.